The number of para-hydroxylation sites is 1. The minimum atomic E-state index is -0.0728. The van der Waals surface area contributed by atoms with Crippen LogP contribution >= 0.6 is 24.0 Å². The second-order valence-electron chi connectivity index (χ2n) is 8.72. The van der Waals surface area contributed by atoms with Crippen LogP contribution in [0.4, 0.5) is 0 Å². The minimum absolute atomic E-state index is 0.0728. The van der Waals surface area contributed by atoms with E-state index in [1.165, 1.54) is 17.3 Å². The largest absolute Gasteiger partial charge is 0.493 e. The molecular formula is C30H31NO3S2. The number of hydrogen-bond donors (Lipinski definition) is 0. The Kier molecular flexibility index (Phi) is 9.20. The second-order valence-corrected chi connectivity index (χ2v) is 10.4. The molecule has 186 valence electrons. The summed E-state index contributed by atoms with van der Waals surface area (Å²) in [5, 5.41) is 0. The van der Waals surface area contributed by atoms with Crippen LogP contribution in [0.1, 0.15) is 49.3 Å². The zero-order valence-corrected chi connectivity index (χ0v) is 22.3. The molecular weight excluding hydrogens is 486 g/mol. The van der Waals surface area contributed by atoms with Crippen molar-refractivity contribution in [2.75, 3.05) is 13.2 Å². The highest BCUT2D eigenvalue weighted by atomic mass is 32.2. The highest BCUT2D eigenvalue weighted by Crippen LogP contribution is 2.35. The molecule has 0 spiro atoms. The third-order valence-electron chi connectivity index (χ3n) is 6.14. The van der Waals surface area contributed by atoms with Crippen LogP contribution in [0, 0.1) is 0 Å². The standard InChI is InChI=1S/C30H31NO3S2/c1-3-22(2)24-14-16-26(17-15-24)33-18-9-19-34-27-13-8-7-12-25(27)20-28-29(32)31(30(35)36-28)21-23-10-5-4-6-11-23/h4-8,10-17,20,22H,3,9,18-19,21H2,1-2H3. The molecule has 1 saturated heterocycles. The van der Waals surface area contributed by atoms with Crippen LogP contribution < -0.4 is 9.47 Å². The van der Waals surface area contributed by atoms with Crippen molar-refractivity contribution in [1.82, 2.24) is 4.90 Å². The van der Waals surface area contributed by atoms with E-state index in [0.717, 1.165) is 35.5 Å². The van der Waals surface area contributed by atoms with Crippen molar-refractivity contribution in [3.8, 4) is 11.5 Å². The maximum Gasteiger partial charge on any atom is 0.266 e. The Balaban J connectivity index is 1.31. The first-order chi connectivity index (χ1) is 17.5. The molecule has 6 heteroatoms. The topological polar surface area (TPSA) is 38.8 Å². The van der Waals surface area contributed by atoms with E-state index in [0.29, 0.717) is 34.9 Å². The fourth-order valence-corrected chi connectivity index (χ4v) is 5.08. The molecule has 1 fully saturated rings. The quantitative estimate of drug-likeness (QED) is 0.150. The highest BCUT2D eigenvalue weighted by molar-refractivity contribution is 8.26. The predicted molar refractivity (Wildman–Crippen MR) is 152 cm³/mol. The lowest BCUT2D eigenvalue weighted by molar-refractivity contribution is -0.122. The van der Waals surface area contributed by atoms with E-state index in [-0.39, 0.29) is 5.91 Å². The Morgan fingerprint density at radius 1 is 0.944 bits per heavy atom. The number of nitrogens with zero attached hydrogens (tertiary/aromatic N) is 1. The van der Waals surface area contributed by atoms with Gasteiger partial charge in [0, 0.05) is 12.0 Å². The number of carbonyl (C=O) groups is 1. The van der Waals surface area contributed by atoms with Crippen LogP contribution in [0.2, 0.25) is 0 Å². The monoisotopic (exact) mass is 517 g/mol. The molecule has 1 heterocycles. The van der Waals surface area contributed by atoms with Crippen LogP contribution in [0.25, 0.3) is 6.08 Å². The molecule has 1 aliphatic rings. The van der Waals surface area contributed by atoms with Gasteiger partial charge in [0.15, 0.2) is 0 Å². The SMILES string of the molecule is CCC(C)c1ccc(OCCCOc2ccccc2C=C2SC(=S)N(Cc3ccccc3)C2=O)cc1. The first-order valence-corrected chi connectivity index (χ1v) is 13.5. The Labute approximate surface area is 223 Å². The van der Waals surface area contributed by atoms with Gasteiger partial charge < -0.3 is 9.47 Å². The number of hydrogen-bond acceptors (Lipinski definition) is 5. The van der Waals surface area contributed by atoms with Gasteiger partial charge in [0.1, 0.15) is 15.8 Å². The Morgan fingerprint density at radius 3 is 2.39 bits per heavy atom. The van der Waals surface area contributed by atoms with E-state index in [1.807, 2.05) is 72.8 Å². The summed E-state index contributed by atoms with van der Waals surface area (Å²) in [7, 11) is 0. The van der Waals surface area contributed by atoms with Gasteiger partial charge >= 0.3 is 0 Å². The number of rotatable bonds is 11. The summed E-state index contributed by atoms with van der Waals surface area (Å²) in [4.78, 5) is 15.3. The van der Waals surface area contributed by atoms with Gasteiger partial charge in [0.2, 0.25) is 0 Å². The van der Waals surface area contributed by atoms with Gasteiger partial charge in [-0.2, -0.15) is 0 Å². The smallest absolute Gasteiger partial charge is 0.266 e. The molecule has 4 rings (SSSR count). The van der Waals surface area contributed by atoms with E-state index in [1.54, 1.807) is 4.90 Å². The lowest BCUT2D eigenvalue weighted by Crippen LogP contribution is -2.27. The number of thiocarbonyl (C=S) groups is 1. The summed E-state index contributed by atoms with van der Waals surface area (Å²) in [5.41, 5.74) is 3.24. The summed E-state index contributed by atoms with van der Waals surface area (Å²) >= 11 is 6.82. The Hall–Kier alpha value is -3.09. The Bertz CT molecular complexity index is 1210. The number of carbonyl (C=O) groups excluding carboxylic acids is 1. The van der Waals surface area contributed by atoms with Gasteiger partial charge in [-0.05, 0) is 47.7 Å². The van der Waals surface area contributed by atoms with Crippen LogP contribution in [0.3, 0.4) is 0 Å². The van der Waals surface area contributed by atoms with Gasteiger partial charge in [-0.15, -0.1) is 0 Å². The minimum Gasteiger partial charge on any atom is -0.493 e. The summed E-state index contributed by atoms with van der Waals surface area (Å²) in [6.07, 6.45) is 3.75. The molecule has 0 radical (unpaired) electrons. The molecule has 0 saturated carbocycles. The van der Waals surface area contributed by atoms with Gasteiger partial charge in [-0.25, -0.2) is 0 Å². The van der Waals surface area contributed by atoms with Gasteiger partial charge in [-0.3, -0.25) is 9.69 Å². The lowest BCUT2D eigenvalue weighted by Gasteiger charge is -2.14. The third kappa shape index (κ3) is 6.77. The number of thioether (sulfide) groups is 1. The average molecular weight is 518 g/mol. The summed E-state index contributed by atoms with van der Waals surface area (Å²) in [5.74, 6) is 2.10. The zero-order chi connectivity index (χ0) is 25.3. The molecule has 0 N–H and O–H groups in total. The lowest BCUT2D eigenvalue weighted by atomic mass is 9.99. The van der Waals surface area contributed by atoms with Crippen molar-refractivity contribution >= 4 is 40.3 Å². The van der Waals surface area contributed by atoms with Crippen LogP contribution in [-0.2, 0) is 11.3 Å². The van der Waals surface area contributed by atoms with Crippen molar-refractivity contribution in [3.63, 3.8) is 0 Å². The number of ether oxygens (including phenoxy) is 2. The predicted octanol–water partition coefficient (Wildman–Crippen LogP) is 7.45. The third-order valence-corrected chi connectivity index (χ3v) is 7.52. The van der Waals surface area contributed by atoms with E-state index >= 15 is 0 Å². The molecule has 1 atom stereocenters. The van der Waals surface area contributed by atoms with Gasteiger partial charge in [-0.1, -0.05) is 98.5 Å². The summed E-state index contributed by atoms with van der Waals surface area (Å²) < 4.78 is 12.5. The molecule has 1 unspecified atom stereocenters. The summed E-state index contributed by atoms with van der Waals surface area (Å²) in [6, 6.07) is 26.0. The molecule has 0 aliphatic carbocycles. The average Bonchev–Trinajstić information content (AvgIpc) is 3.17. The maximum absolute atomic E-state index is 13.0. The van der Waals surface area contributed by atoms with Gasteiger partial charge in [0.05, 0.1) is 24.7 Å². The van der Waals surface area contributed by atoms with Crippen molar-refractivity contribution in [2.45, 2.75) is 39.2 Å². The van der Waals surface area contributed by atoms with E-state index in [9.17, 15) is 4.79 Å². The number of benzene rings is 3. The first-order valence-electron chi connectivity index (χ1n) is 12.3. The Morgan fingerprint density at radius 2 is 1.64 bits per heavy atom. The molecule has 3 aromatic rings. The normalized spacial score (nSPS) is 15.4. The molecule has 3 aromatic carbocycles. The van der Waals surface area contributed by atoms with E-state index in [4.69, 9.17) is 21.7 Å². The van der Waals surface area contributed by atoms with Crippen molar-refractivity contribution in [2.24, 2.45) is 0 Å². The summed E-state index contributed by atoms with van der Waals surface area (Å²) in [6.45, 7) is 6.00. The van der Waals surface area contributed by atoms with Crippen molar-refractivity contribution in [3.05, 3.63) is 100 Å². The van der Waals surface area contributed by atoms with Crippen LogP contribution in [-0.4, -0.2) is 28.3 Å². The second kappa shape index (κ2) is 12.7. The molecule has 0 aromatic heterocycles. The van der Waals surface area contributed by atoms with Gasteiger partial charge in [0.25, 0.3) is 5.91 Å². The van der Waals surface area contributed by atoms with Crippen molar-refractivity contribution < 1.29 is 14.3 Å². The van der Waals surface area contributed by atoms with E-state index in [2.05, 4.69) is 26.0 Å². The fraction of sp³-hybridized carbons (Fsp3) is 0.267. The zero-order valence-electron chi connectivity index (χ0n) is 20.7. The highest BCUT2D eigenvalue weighted by Gasteiger charge is 2.32. The van der Waals surface area contributed by atoms with Crippen LogP contribution in [0.15, 0.2) is 83.8 Å². The molecule has 4 nitrogen and oxygen atoms in total. The number of amides is 1. The fourth-order valence-electron chi connectivity index (χ4n) is 3.83. The van der Waals surface area contributed by atoms with E-state index < -0.39 is 0 Å². The molecule has 36 heavy (non-hydrogen) atoms. The maximum atomic E-state index is 13.0. The molecule has 0 bridgehead atoms. The molecule has 1 aliphatic heterocycles. The first kappa shape index (κ1) is 26.0. The molecule has 1 amide bonds. The van der Waals surface area contributed by atoms with Crippen LogP contribution in [0.5, 0.6) is 11.5 Å². The van der Waals surface area contributed by atoms with Crippen molar-refractivity contribution in [1.29, 1.82) is 0 Å².